The zero-order valence-corrected chi connectivity index (χ0v) is 18.6. The van der Waals surface area contributed by atoms with Crippen LogP contribution in [-0.4, -0.2) is 59.3 Å². The number of piperidine rings is 1. The van der Waals surface area contributed by atoms with Crippen molar-refractivity contribution in [3.05, 3.63) is 52.1 Å². The molecule has 0 spiro atoms. The summed E-state index contributed by atoms with van der Waals surface area (Å²) in [5, 5.41) is 3.64. The second kappa shape index (κ2) is 7.18. The van der Waals surface area contributed by atoms with Gasteiger partial charge in [-0.3, -0.25) is 9.79 Å². The molecule has 2 aliphatic carbocycles. The number of anilines is 1. The molecule has 5 atom stereocenters. The van der Waals surface area contributed by atoms with Gasteiger partial charge in [-0.2, -0.15) is 0 Å². The van der Waals surface area contributed by atoms with Crippen LogP contribution < -0.4 is 20.5 Å². The van der Waals surface area contributed by atoms with E-state index in [4.69, 9.17) is 9.47 Å². The molecule has 1 N–H and O–H groups in total. The van der Waals surface area contributed by atoms with Gasteiger partial charge < -0.3 is 24.3 Å². The van der Waals surface area contributed by atoms with E-state index in [1.54, 1.807) is 11.6 Å². The smallest absolute Gasteiger partial charge is 0.269 e. The number of allylic oxidation sites excluding steroid dienone is 2. The number of nitrogens with one attached hydrogen (secondary N) is 1. The summed E-state index contributed by atoms with van der Waals surface area (Å²) in [7, 11) is 1.79. The number of aryl methyl sites for hydroxylation is 1. The number of rotatable bonds is 5. The van der Waals surface area contributed by atoms with Gasteiger partial charge >= 0.3 is 0 Å². The average molecular weight is 446 g/mol. The van der Waals surface area contributed by atoms with Crippen molar-refractivity contribution < 1.29 is 9.47 Å². The minimum atomic E-state index is -0.130. The molecule has 8 rings (SSSR count). The van der Waals surface area contributed by atoms with Gasteiger partial charge in [-0.15, -0.1) is 0 Å². The van der Waals surface area contributed by atoms with E-state index >= 15 is 0 Å². The quantitative estimate of drug-likeness (QED) is 0.759. The Morgan fingerprint density at radius 1 is 1.24 bits per heavy atom. The molecule has 0 amide bonds. The maximum absolute atomic E-state index is 12.3. The third-order valence-corrected chi connectivity index (χ3v) is 7.56. The summed E-state index contributed by atoms with van der Waals surface area (Å²) in [6, 6.07) is 4.90. The Morgan fingerprint density at radius 3 is 2.82 bits per heavy atom. The molecule has 1 aromatic carbocycles. The highest BCUT2D eigenvalue weighted by molar-refractivity contribution is 5.86. The van der Waals surface area contributed by atoms with Gasteiger partial charge in [0.15, 0.2) is 0 Å². The number of benzene rings is 1. The molecule has 5 unspecified atom stereocenters. The molecule has 2 bridgehead atoms. The Labute approximate surface area is 191 Å². The van der Waals surface area contributed by atoms with Crippen molar-refractivity contribution >= 4 is 22.9 Å². The Bertz CT molecular complexity index is 1280. The van der Waals surface area contributed by atoms with Gasteiger partial charge in [0.05, 0.1) is 36.0 Å². The molecule has 33 heavy (non-hydrogen) atoms. The number of fused-ring (bicyclic) bond motifs is 4. The fourth-order valence-electron chi connectivity index (χ4n) is 5.63. The summed E-state index contributed by atoms with van der Waals surface area (Å²) in [4.78, 5) is 23.6. The summed E-state index contributed by atoms with van der Waals surface area (Å²) in [6.07, 6.45) is 12.2. The number of aliphatic imine (C=N–C) groups is 1. The van der Waals surface area contributed by atoms with Crippen molar-refractivity contribution in [3.8, 4) is 5.75 Å². The van der Waals surface area contributed by atoms with E-state index in [0.29, 0.717) is 24.3 Å². The lowest BCUT2D eigenvalue weighted by Gasteiger charge is -2.48. The van der Waals surface area contributed by atoms with E-state index in [1.807, 2.05) is 6.21 Å². The molecule has 8 heteroatoms. The minimum absolute atomic E-state index is 0.0679. The third kappa shape index (κ3) is 3.27. The van der Waals surface area contributed by atoms with Gasteiger partial charge in [0, 0.05) is 56.6 Å². The first-order valence-electron chi connectivity index (χ1n) is 11.9. The Kier molecular flexibility index (Phi) is 4.21. The molecule has 4 aliphatic heterocycles. The summed E-state index contributed by atoms with van der Waals surface area (Å²) >= 11 is 0. The van der Waals surface area contributed by atoms with Crippen molar-refractivity contribution in [2.45, 2.75) is 56.1 Å². The zero-order chi connectivity index (χ0) is 22.1. The number of ether oxygens (including phenoxy) is 2. The maximum atomic E-state index is 12.3. The standard InChI is InChI=1S/C25H27N5O3/c1-29-22(31)11-27-20-8-15(30-12-17-10-18(13-30)32-17)9-21(25(20)29)33-16-4-2-14(3-5-16)28-24-19-6-7-26-23(19)24/h2,6-9,11,16-18,23-24,28H,3-5,10,12-13H2,1H3. The lowest BCUT2D eigenvalue weighted by Crippen LogP contribution is -2.57. The van der Waals surface area contributed by atoms with Crippen molar-refractivity contribution in [1.82, 2.24) is 14.9 Å². The minimum Gasteiger partial charge on any atom is -0.488 e. The van der Waals surface area contributed by atoms with E-state index in [-0.39, 0.29) is 11.7 Å². The Balaban J connectivity index is 1.14. The molecule has 3 saturated heterocycles. The SMILES string of the molecule is Cn1c(=O)cnc2cc(N3CC4CC(C3)O4)cc(OC3CC=C(NC4C5=CC=NC54)CC3)c21. The normalized spacial score (nSPS) is 31.5. The van der Waals surface area contributed by atoms with Crippen molar-refractivity contribution in [3.63, 3.8) is 0 Å². The molecule has 8 nitrogen and oxygen atoms in total. The predicted molar refractivity (Wildman–Crippen MR) is 126 cm³/mol. The highest BCUT2D eigenvalue weighted by Gasteiger charge is 2.46. The number of dihydropyridines is 1. The molecule has 170 valence electrons. The summed E-state index contributed by atoms with van der Waals surface area (Å²) in [5.41, 5.74) is 5.18. The topological polar surface area (TPSA) is 81.0 Å². The van der Waals surface area contributed by atoms with Gasteiger partial charge in [0.25, 0.3) is 5.56 Å². The first-order valence-corrected chi connectivity index (χ1v) is 11.9. The number of nitrogens with zero attached hydrogens (tertiary/aromatic N) is 4. The number of hydrogen-bond acceptors (Lipinski definition) is 7. The van der Waals surface area contributed by atoms with Crippen LogP contribution in [0, 0.1) is 0 Å². The zero-order valence-electron chi connectivity index (χ0n) is 18.6. The van der Waals surface area contributed by atoms with E-state index < -0.39 is 0 Å². The van der Waals surface area contributed by atoms with Crippen molar-refractivity contribution in [2.24, 2.45) is 12.0 Å². The van der Waals surface area contributed by atoms with Crippen LogP contribution in [0.5, 0.6) is 5.75 Å². The monoisotopic (exact) mass is 445 g/mol. The van der Waals surface area contributed by atoms with Crippen molar-refractivity contribution in [2.75, 3.05) is 18.0 Å². The van der Waals surface area contributed by atoms with Crippen LogP contribution in [0.2, 0.25) is 0 Å². The summed E-state index contributed by atoms with van der Waals surface area (Å²) < 4.78 is 14.0. The lowest BCUT2D eigenvalue weighted by molar-refractivity contribution is -0.133. The molecule has 0 radical (unpaired) electrons. The van der Waals surface area contributed by atoms with Crippen LogP contribution >= 0.6 is 0 Å². The number of aromatic nitrogens is 2. The average Bonchev–Trinajstić information content (AvgIpc) is 3.22. The maximum Gasteiger partial charge on any atom is 0.269 e. The Hall–Kier alpha value is -3.13. The molecule has 4 fully saturated rings. The highest BCUT2D eigenvalue weighted by atomic mass is 16.5. The molecule has 1 saturated carbocycles. The first-order chi connectivity index (χ1) is 16.1. The Morgan fingerprint density at radius 2 is 2.09 bits per heavy atom. The van der Waals surface area contributed by atoms with E-state index in [0.717, 1.165) is 61.2 Å². The van der Waals surface area contributed by atoms with Crippen LogP contribution in [0.1, 0.15) is 25.7 Å². The highest BCUT2D eigenvalue weighted by Crippen LogP contribution is 2.39. The summed E-state index contributed by atoms with van der Waals surface area (Å²) in [5.74, 6) is 0.737. The van der Waals surface area contributed by atoms with Crippen LogP contribution in [0.4, 0.5) is 5.69 Å². The van der Waals surface area contributed by atoms with Gasteiger partial charge in [-0.25, -0.2) is 4.98 Å². The van der Waals surface area contributed by atoms with E-state index in [9.17, 15) is 4.79 Å². The van der Waals surface area contributed by atoms with Gasteiger partial charge in [0.2, 0.25) is 0 Å². The number of hydrogen-bond donors (Lipinski definition) is 1. The van der Waals surface area contributed by atoms with E-state index in [2.05, 4.69) is 44.5 Å². The predicted octanol–water partition coefficient (Wildman–Crippen LogP) is 2.08. The molecule has 6 aliphatic rings. The van der Waals surface area contributed by atoms with Gasteiger partial charge in [-0.1, -0.05) is 6.08 Å². The molecule has 5 heterocycles. The molecule has 1 aromatic heterocycles. The third-order valence-electron chi connectivity index (χ3n) is 7.56. The van der Waals surface area contributed by atoms with Crippen LogP contribution in [0.25, 0.3) is 11.0 Å². The number of morpholine rings is 1. The molecular weight excluding hydrogens is 418 g/mol. The summed E-state index contributed by atoms with van der Waals surface area (Å²) in [6.45, 7) is 1.77. The molecule has 2 aromatic rings. The fourth-order valence-corrected chi connectivity index (χ4v) is 5.63. The first kappa shape index (κ1) is 19.3. The van der Waals surface area contributed by atoms with E-state index in [1.165, 1.54) is 17.5 Å². The van der Waals surface area contributed by atoms with Crippen LogP contribution in [0.3, 0.4) is 0 Å². The second-order valence-corrected chi connectivity index (χ2v) is 9.76. The largest absolute Gasteiger partial charge is 0.488 e. The fraction of sp³-hybridized carbons (Fsp3) is 0.480. The second-order valence-electron chi connectivity index (χ2n) is 9.76. The van der Waals surface area contributed by atoms with Crippen molar-refractivity contribution in [1.29, 1.82) is 0 Å². The van der Waals surface area contributed by atoms with Gasteiger partial charge in [0.1, 0.15) is 17.4 Å². The van der Waals surface area contributed by atoms with Crippen LogP contribution in [-0.2, 0) is 11.8 Å². The lowest BCUT2D eigenvalue weighted by atomic mass is 9.98. The van der Waals surface area contributed by atoms with Gasteiger partial charge in [-0.05, 0) is 30.6 Å². The van der Waals surface area contributed by atoms with Crippen LogP contribution in [0.15, 0.2) is 51.5 Å². The molecular formula is C25H27N5O3.